The minimum Gasteiger partial charge on any atom is -0.386 e. The van der Waals surface area contributed by atoms with Crippen LogP contribution in [-0.2, 0) is 4.74 Å². The zero-order chi connectivity index (χ0) is 12.4. The summed E-state index contributed by atoms with van der Waals surface area (Å²) in [5.74, 6) is -1.08. The molecule has 1 aliphatic heterocycles. The molecule has 4 heteroatoms. The molecule has 0 radical (unpaired) electrons. The van der Waals surface area contributed by atoms with Crippen LogP contribution in [0.3, 0.4) is 0 Å². The normalized spacial score (nSPS) is 22.5. The number of aryl methyl sites for hydroxylation is 1. The number of benzene rings is 1. The van der Waals surface area contributed by atoms with Crippen molar-refractivity contribution in [3.05, 3.63) is 34.9 Å². The zero-order valence-electron chi connectivity index (χ0n) is 9.75. The first-order valence-corrected chi connectivity index (χ1v) is 5.85. The predicted molar refractivity (Wildman–Crippen MR) is 59.6 cm³/mol. The van der Waals surface area contributed by atoms with Gasteiger partial charge in [0.2, 0.25) is 0 Å². The van der Waals surface area contributed by atoms with Crippen LogP contribution >= 0.6 is 0 Å². The van der Waals surface area contributed by atoms with Crippen molar-refractivity contribution in [1.82, 2.24) is 0 Å². The Kier molecular flexibility index (Phi) is 3.74. The highest BCUT2D eigenvalue weighted by atomic mass is 19.1. The molecule has 2 nitrogen and oxygen atoms in total. The van der Waals surface area contributed by atoms with Gasteiger partial charge in [-0.1, -0.05) is 0 Å². The number of hydrogen-bond donors (Lipinski definition) is 1. The van der Waals surface area contributed by atoms with Crippen LogP contribution in [0.15, 0.2) is 12.1 Å². The summed E-state index contributed by atoms with van der Waals surface area (Å²) in [4.78, 5) is 0. The molecule has 0 saturated carbocycles. The fourth-order valence-corrected chi connectivity index (χ4v) is 2.10. The molecule has 0 aromatic heterocycles. The second-order valence-electron chi connectivity index (χ2n) is 4.47. The number of rotatable bonds is 2. The highest BCUT2D eigenvalue weighted by Gasteiger charge is 2.26. The molecule has 1 aliphatic rings. The van der Waals surface area contributed by atoms with Crippen LogP contribution in [0.2, 0.25) is 0 Å². The lowest BCUT2D eigenvalue weighted by molar-refractivity contribution is -0.0645. The fraction of sp³-hybridized carbons (Fsp3) is 0.538. The molecular formula is C13H16F2O2. The molecule has 1 aromatic carbocycles. The summed E-state index contributed by atoms with van der Waals surface area (Å²) in [6.45, 7) is 2.06. The molecule has 2 unspecified atom stereocenters. The largest absolute Gasteiger partial charge is 0.386 e. The van der Waals surface area contributed by atoms with Crippen molar-refractivity contribution in [2.24, 2.45) is 0 Å². The SMILES string of the molecule is Cc1cc(F)c(C(O)C2CCCCO2)cc1F. The molecular weight excluding hydrogens is 226 g/mol. The molecule has 0 amide bonds. The molecule has 1 N–H and O–H groups in total. The van der Waals surface area contributed by atoms with E-state index in [-0.39, 0.29) is 11.1 Å². The van der Waals surface area contributed by atoms with Crippen molar-refractivity contribution in [2.45, 2.75) is 38.4 Å². The van der Waals surface area contributed by atoms with Crippen LogP contribution in [0.5, 0.6) is 0 Å². The Morgan fingerprint density at radius 2 is 2.06 bits per heavy atom. The Morgan fingerprint density at radius 1 is 1.29 bits per heavy atom. The minimum atomic E-state index is -1.09. The van der Waals surface area contributed by atoms with Gasteiger partial charge in [0.1, 0.15) is 17.7 Å². The molecule has 1 saturated heterocycles. The molecule has 0 aliphatic carbocycles. The predicted octanol–water partition coefficient (Wildman–Crippen LogP) is 2.88. The number of hydrogen-bond acceptors (Lipinski definition) is 2. The number of halogens is 2. The standard InChI is InChI=1S/C13H16F2O2/c1-8-6-11(15)9(7-10(8)14)13(16)12-4-2-3-5-17-12/h6-7,12-13,16H,2-5H2,1H3. The quantitative estimate of drug-likeness (QED) is 0.864. The van der Waals surface area contributed by atoms with E-state index < -0.39 is 23.8 Å². The summed E-state index contributed by atoms with van der Waals surface area (Å²) in [6.07, 6.45) is 1.05. The topological polar surface area (TPSA) is 29.5 Å². The maximum Gasteiger partial charge on any atom is 0.129 e. The fourth-order valence-electron chi connectivity index (χ4n) is 2.10. The second kappa shape index (κ2) is 5.10. The van der Waals surface area contributed by atoms with E-state index in [0.717, 1.165) is 25.0 Å². The van der Waals surface area contributed by atoms with Crippen LogP contribution in [0, 0.1) is 18.6 Å². The van der Waals surface area contributed by atoms with E-state index in [2.05, 4.69) is 0 Å². The molecule has 1 fully saturated rings. The van der Waals surface area contributed by atoms with Crippen LogP contribution < -0.4 is 0 Å². The van der Waals surface area contributed by atoms with E-state index in [0.29, 0.717) is 13.0 Å². The molecule has 17 heavy (non-hydrogen) atoms. The van der Waals surface area contributed by atoms with Gasteiger partial charge in [-0.15, -0.1) is 0 Å². The first kappa shape index (κ1) is 12.5. The smallest absolute Gasteiger partial charge is 0.129 e. The van der Waals surface area contributed by atoms with Crippen molar-refractivity contribution < 1.29 is 18.6 Å². The van der Waals surface area contributed by atoms with Crippen LogP contribution in [0.25, 0.3) is 0 Å². The number of aliphatic hydroxyl groups excluding tert-OH is 1. The summed E-state index contributed by atoms with van der Waals surface area (Å²) < 4.78 is 32.4. The lowest BCUT2D eigenvalue weighted by atomic mass is 9.97. The second-order valence-corrected chi connectivity index (χ2v) is 4.47. The maximum absolute atomic E-state index is 13.7. The minimum absolute atomic E-state index is 0.0139. The molecule has 1 aromatic rings. The Morgan fingerprint density at radius 3 is 2.71 bits per heavy atom. The monoisotopic (exact) mass is 242 g/mol. The maximum atomic E-state index is 13.7. The third-order valence-corrected chi connectivity index (χ3v) is 3.16. The van der Waals surface area contributed by atoms with Gasteiger partial charge in [0, 0.05) is 12.2 Å². The average Bonchev–Trinajstić information content (AvgIpc) is 2.34. The highest BCUT2D eigenvalue weighted by Crippen LogP contribution is 2.29. The van der Waals surface area contributed by atoms with Crippen molar-refractivity contribution in [3.8, 4) is 0 Å². The third-order valence-electron chi connectivity index (χ3n) is 3.16. The van der Waals surface area contributed by atoms with E-state index >= 15 is 0 Å². The zero-order valence-corrected chi connectivity index (χ0v) is 9.75. The Bertz CT molecular complexity index is 401. The summed E-state index contributed by atoms with van der Waals surface area (Å²) in [5, 5.41) is 10.0. The molecule has 0 spiro atoms. The lowest BCUT2D eigenvalue weighted by Gasteiger charge is -2.27. The van der Waals surface area contributed by atoms with E-state index in [9.17, 15) is 13.9 Å². The molecule has 2 atom stereocenters. The van der Waals surface area contributed by atoms with E-state index in [4.69, 9.17) is 4.74 Å². The van der Waals surface area contributed by atoms with Gasteiger partial charge < -0.3 is 9.84 Å². The van der Waals surface area contributed by atoms with Crippen LogP contribution in [-0.4, -0.2) is 17.8 Å². The first-order valence-electron chi connectivity index (χ1n) is 5.85. The van der Waals surface area contributed by atoms with Crippen LogP contribution in [0.1, 0.15) is 36.5 Å². The Hall–Kier alpha value is -1.00. The van der Waals surface area contributed by atoms with Crippen molar-refractivity contribution >= 4 is 0 Å². The van der Waals surface area contributed by atoms with E-state index in [1.54, 1.807) is 0 Å². The van der Waals surface area contributed by atoms with Crippen molar-refractivity contribution in [3.63, 3.8) is 0 Å². The van der Waals surface area contributed by atoms with Crippen LogP contribution in [0.4, 0.5) is 8.78 Å². The van der Waals surface area contributed by atoms with Gasteiger partial charge in [-0.2, -0.15) is 0 Å². The summed E-state index contributed by atoms with van der Waals surface area (Å²) in [6, 6.07) is 2.17. The molecule has 0 bridgehead atoms. The molecule has 94 valence electrons. The third kappa shape index (κ3) is 2.64. The first-order chi connectivity index (χ1) is 8.09. The molecule has 2 rings (SSSR count). The highest BCUT2D eigenvalue weighted by molar-refractivity contribution is 5.27. The van der Waals surface area contributed by atoms with E-state index in [1.165, 1.54) is 6.92 Å². The Balaban J connectivity index is 2.23. The van der Waals surface area contributed by atoms with Gasteiger partial charge >= 0.3 is 0 Å². The lowest BCUT2D eigenvalue weighted by Crippen LogP contribution is -2.27. The van der Waals surface area contributed by atoms with Gasteiger partial charge in [-0.25, -0.2) is 8.78 Å². The van der Waals surface area contributed by atoms with Gasteiger partial charge in [0.25, 0.3) is 0 Å². The van der Waals surface area contributed by atoms with Gasteiger partial charge in [-0.05, 0) is 43.9 Å². The molecule has 1 heterocycles. The number of aliphatic hydroxyl groups is 1. The summed E-state index contributed by atoms with van der Waals surface area (Å²) >= 11 is 0. The van der Waals surface area contributed by atoms with Gasteiger partial charge in [0.05, 0.1) is 6.10 Å². The Labute approximate surface area is 99.2 Å². The van der Waals surface area contributed by atoms with Gasteiger partial charge in [-0.3, -0.25) is 0 Å². The van der Waals surface area contributed by atoms with Crippen molar-refractivity contribution in [1.29, 1.82) is 0 Å². The number of ether oxygens (including phenoxy) is 1. The van der Waals surface area contributed by atoms with Gasteiger partial charge in [0.15, 0.2) is 0 Å². The van der Waals surface area contributed by atoms with E-state index in [1.807, 2.05) is 0 Å². The summed E-state index contributed by atoms with van der Waals surface area (Å²) in [5.41, 5.74) is 0.225. The summed E-state index contributed by atoms with van der Waals surface area (Å²) in [7, 11) is 0. The van der Waals surface area contributed by atoms with Crippen molar-refractivity contribution in [2.75, 3.05) is 6.61 Å². The average molecular weight is 242 g/mol.